The van der Waals surface area contributed by atoms with Crippen LogP contribution in [-0.4, -0.2) is 17.3 Å². The first kappa shape index (κ1) is 17.0. The first-order valence-electron chi connectivity index (χ1n) is 6.47. The molecule has 1 rings (SSSR count). The van der Waals surface area contributed by atoms with Gasteiger partial charge >= 0.3 is 0 Å². The van der Waals surface area contributed by atoms with Crippen LogP contribution in [0.2, 0.25) is 0 Å². The molecule has 1 aromatic rings. The summed E-state index contributed by atoms with van der Waals surface area (Å²) in [6.45, 7) is 4.44. The van der Waals surface area contributed by atoms with Gasteiger partial charge in [-0.3, -0.25) is 4.79 Å². The molecule has 1 N–H and O–H groups in total. The van der Waals surface area contributed by atoms with Gasteiger partial charge in [0.05, 0.1) is 0 Å². The molecule has 0 aliphatic heterocycles. The molecule has 1 amide bonds. The second-order valence-electron chi connectivity index (χ2n) is 4.56. The third-order valence-corrected chi connectivity index (χ3v) is 4.34. The van der Waals surface area contributed by atoms with Crippen LogP contribution in [0.15, 0.2) is 12.1 Å². The van der Waals surface area contributed by atoms with Gasteiger partial charge in [-0.15, -0.1) is 0 Å². The first-order valence-corrected chi connectivity index (χ1v) is 7.39. The van der Waals surface area contributed by atoms with Gasteiger partial charge in [0.25, 0.3) is 5.91 Å². The third kappa shape index (κ3) is 4.23. The van der Waals surface area contributed by atoms with Crippen LogP contribution in [0.25, 0.3) is 0 Å². The second kappa shape index (κ2) is 7.67. The number of rotatable bonds is 6. The lowest BCUT2D eigenvalue weighted by Gasteiger charge is -2.19. The smallest absolute Gasteiger partial charge is 0.251 e. The van der Waals surface area contributed by atoms with Crippen LogP contribution >= 0.6 is 15.9 Å². The lowest BCUT2D eigenvalue weighted by Crippen LogP contribution is -2.33. The van der Waals surface area contributed by atoms with E-state index in [4.69, 9.17) is 0 Å². The highest BCUT2D eigenvalue weighted by molar-refractivity contribution is 9.09. The Labute approximate surface area is 124 Å². The largest absolute Gasteiger partial charge is 0.351 e. The molecule has 2 nitrogen and oxygen atoms in total. The van der Waals surface area contributed by atoms with Gasteiger partial charge in [0.15, 0.2) is 17.5 Å². The molecule has 0 aliphatic rings. The Morgan fingerprint density at radius 2 is 1.70 bits per heavy atom. The van der Waals surface area contributed by atoms with Gasteiger partial charge in [0.1, 0.15) is 0 Å². The fraction of sp³-hybridized carbons (Fsp3) is 0.500. The van der Waals surface area contributed by atoms with Crippen molar-refractivity contribution in [2.75, 3.05) is 6.54 Å². The van der Waals surface area contributed by atoms with E-state index >= 15 is 0 Å². The molecule has 1 atom stereocenters. The molecule has 0 saturated carbocycles. The van der Waals surface area contributed by atoms with Crippen molar-refractivity contribution < 1.29 is 18.0 Å². The maximum atomic E-state index is 13.0. The van der Waals surface area contributed by atoms with E-state index in [1.165, 1.54) is 0 Å². The number of amides is 1. The number of nitrogens with one attached hydrogen (secondary N) is 1. The first-order chi connectivity index (χ1) is 9.40. The zero-order valence-electron chi connectivity index (χ0n) is 11.4. The highest BCUT2D eigenvalue weighted by atomic mass is 79.9. The number of alkyl halides is 1. The van der Waals surface area contributed by atoms with Crippen molar-refractivity contribution in [3.63, 3.8) is 0 Å². The van der Waals surface area contributed by atoms with Crippen LogP contribution < -0.4 is 5.32 Å². The Kier molecular flexibility index (Phi) is 6.52. The average molecular weight is 352 g/mol. The second-order valence-corrected chi connectivity index (χ2v) is 5.73. The predicted octanol–water partition coefficient (Wildman–Crippen LogP) is 4.03. The molecular formula is C14H17BrF3NO. The SMILES string of the molecule is CCC(CC)C(Br)CNC(=O)c1cc(F)c(F)c(F)c1. The molecule has 112 valence electrons. The van der Waals surface area contributed by atoms with Gasteiger partial charge in [-0.2, -0.15) is 0 Å². The van der Waals surface area contributed by atoms with Crippen LogP contribution in [0.1, 0.15) is 37.0 Å². The van der Waals surface area contributed by atoms with E-state index in [0.29, 0.717) is 24.6 Å². The molecule has 20 heavy (non-hydrogen) atoms. The Morgan fingerprint density at radius 1 is 1.20 bits per heavy atom. The van der Waals surface area contributed by atoms with Crippen molar-refractivity contribution >= 4 is 21.8 Å². The summed E-state index contributed by atoms with van der Waals surface area (Å²) in [4.78, 5) is 11.9. The molecule has 0 spiro atoms. The van der Waals surface area contributed by atoms with Crippen molar-refractivity contribution in [2.45, 2.75) is 31.5 Å². The van der Waals surface area contributed by atoms with Gasteiger partial charge < -0.3 is 5.32 Å². The van der Waals surface area contributed by atoms with Crippen molar-refractivity contribution in [3.05, 3.63) is 35.1 Å². The minimum atomic E-state index is -1.57. The fourth-order valence-electron chi connectivity index (χ4n) is 1.95. The molecular weight excluding hydrogens is 335 g/mol. The minimum Gasteiger partial charge on any atom is -0.351 e. The molecule has 1 unspecified atom stereocenters. The topological polar surface area (TPSA) is 29.1 Å². The molecule has 0 radical (unpaired) electrons. The summed E-state index contributed by atoms with van der Waals surface area (Å²) in [5, 5.41) is 2.58. The van der Waals surface area contributed by atoms with E-state index in [0.717, 1.165) is 12.8 Å². The number of hydrogen-bond donors (Lipinski definition) is 1. The normalized spacial score (nSPS) is 12.6. The molecule has 0 fully saturated rings. The van der Waals surface area contributed by atoms with Gasteiger partial charge in [-0.05, 0) is 18.1 Å². The zero-order valence-corrected chi connectivity index (χ0v) is 12.9. The Hall–Kier alpha value is -1.04. The summed E-state index contributed by atoms with van der Waals surface area (Å²) >= 11 is 3.48. The molecule has 0 aliphatic carbocycles. The quantitative estimate of drug-likeness (QED) is 0.608. The van der Waals surface area contributed by atoms with Crippen molar-refractivity contribution in [2.24, 2.45) is 5.92 Å². The summed E-state index contributed by atoms with van der Waals surface area (Å²) in [5.74, 6) is -4.54. The van der Waals surface area contributed by atoms with Gasteiger partial charge in [-0.1, -0.05) is 42.6 Å². The van der Waals surface area contributed by atoms with E-state index < -0.39 is 23.4 Å². The molecule has 6 heteroatoms. The van der Waals surface area contributed by atoms with Crippen LogP contribution in [0.4, 0.5) is 13.2 Å². The van der Waals surface area contributed by atoms with Crippen LogP contribution in [-0.2, 0) is 0 Å². The summed E-state index contributed by atoms with van der Waals surface area (Å²) in [6, 6.07) is 1.38. The van der Waals surface area contributed by atoms with Crippen molar-refractivity contribution in [1.29, 1.82) is 0 Å². The van der Waals surface area contributed by atoms with E-state index in [-0.39, 0.29) is 10.4 Å². The Morgan fingerprint density at radius 3 is 2.15 bits per heavy atom. The highest BCUT2D eigenvalue weighted by Crippen LogP contribution is 2.19. The van der Waals surface area contributed by atoms with E-state index in [2.05, 4.69) is 35.1 Å². The zero-order chi connectivity index (χ0) is 15.3. The molecule has 0 aromatic heterocycles. The molecule has 0 bridgehead atoms. The Bertz CT molecular complexity index is 454. The summed E-state index contributed by atoms with van der Waals surface area (Å²) in [6.07, 6.45) is 1.92. The maximum absolute atomic E-state index is 13.0. The van der Waals surface area contributed by atoms with Crippen LogP contribution in [0, 0.1) is 23.4 Å². The number of hydrogen-bond acceptors (Lipinski definition) is 1. The lowest BCUT2D eigenvalue weighted by molar-refractivity contribution is 0.0951. The highest BCUT2D eigenvalue weighted by Gasteiger charge is 2.18. The van der Waals surface area contributed by atoms with Gasteiger partial charge in [0, 0.05) is 16.9 Å². The van der Waals surface area contributed by atoms with Crippen molar-refractivity contribution in [3.8, 4) is 0 Å². The van der Waals surface area contributed by atoms with Gasteiger partial charge in [-0.25, -0.2) is 13.2 Å². The van der Waals surface area contributed by atoms with Crippen LogP contribution in [0.3, 0.4) is 0 Å². The summed E-state index contributed by atoms with van der Waals surface area (Å²) in [5.41, 5.74) is -0.231. The lowest BCUT2D eigenvalue weighted by atomic mass is 9.99. The molecule has 0 saturated heterocycles. The van der Waals surface area contributed by atoms with E-state index in [1.54, 1.807) is 0 Å². The number of benzene rings is 1. The Balaban J connectivity index is 2.68. The average Bonchev–Trinajstić information content (AvgIpc) is 2.42. The van der Waals surface area contributed by atoms with E-state index in [9.17, 15) is 18.0 Å². The minimum absolute atomic E-state index is 0.0802. The van der Waals surface area contributed by atoms with Gasteiger partial charge in [0.2, 0.25) is 0 Å². The molecule has 0 heterocycles. The number of halogens is 4. The van der Waals surface area contributed by atoms with Crippen molar-refractivity contribution in [1.82, 2.24) is 5.32 Å². The summed E-state index contributed by atoms with van der Waals surface area (Å²) in [7, 11) is 0. The number of carbonyl (C=O) groups is 1. The number of carbonyl (C=O) groups excluding carboxylic acids is 1. The predicted molar refractivity (Wildman–Crippen MR) is 75.4 cm³/mol. The monoisotopic (exact) mass is 351 g/mol. The fourth-order valence-corrected chi connectivity index (χ4v) is 2.86. The standard InChI is InChI=1S/C14H17BrF3NO/c1-3-8(4-2)10(15)7-19-14(20)9-5-11(16)13(18)12(17)6-9/h5-6,8,10H,3-4,7H2,1-2H3,(H,19,20). The van der Waals surface area contributed by atoms with E-state index in [1.807, 2.05) is 0 Å². The maximum Gasteiger partial charge on any atom is 0.251 e. The molecule has 1 aromatic carbocycles. The third-order valence-electron chi connectivity index (χ3n) is 3.26. The summed E-state index contributed by atoms with van der Waals surface area (Å²) < 4.78 is 38.9. The van der Waals surface area contributed by atoms with Crippen LogP contribution in [0.5, 0.6) is 0 Å².